The van der Waals surface area contributed by atoms with Gasteiger partial charge < -0.3 is 10.6 Å². The summed E-state index contributed by atoms with van der Waals surface area (Å²) in [4.78, 5) is 12.0. The topological polar surface area (TPSA) is 119 Å². The highest BCUT2D eigenvalue weighted by Gasteiger charge is 2.12. The van der Waals surface area contributed by atoms with E-state index in [2.05, 4.69) is 15.7 Å². The molecule has 2 rings (SSSR count). The number of benzene rings is 1. The number of aryl methyl sites for hydroxylation is 1. The lowest BCUT2D eigenvalue weighted by Crippen LogP contribution is -2.31. The van der Waals surface area contributed by atoms with Crippen LogP contribution in [-0.4, -0.2) is 24.2 Å². The van der Waals surface area contributed by atoms with E-state index in [1.807, 2.05) is 6.92 Å². The number of sulfonamides is 1. The largest absolute Gasteiger partial charge is 0.331 e. The van der Waals surface area contributed by atoms with Crippen LogP contribution in [0.1, 0.15) is 25.5 Å². The fraction of sp³-hybridized carbons (Fsp3) is 0.286. The van der Waals surface area contributed by atoms with E-state index in [1.54, 1.807) is 36.1 Å². The maximum absolute atomic E-state index is 11.9. The molecule has 0 bridgehead atoms. The molecule has 0 saturated carbocycles. The number of nitrogens with one attached hydrogen (secondary N) is 2. The summed E-state index contributed by atoms with van der Waals surface area (Å²) >= 11 is 0. The van der Waals surface area contributed by atoms with Gasteiger partial charge >= 0.3 is 6.03 Å². The van der Waals surface area contributed by atoms with Crippen molar-refractivity contribution in [2.75, 3.05) is 5.32 Å². The zero-order valence-electron chi connectivity index (χ0n) is 12.9. The second-order valence-electron chi connectivity index (χ2n) is 5.02. The molecule has 2 amide bonds. The van der Waals surface area contributed by atoms with Crippen LogP contribution in [0.4, 0.5) is 10.5 Å². The van der Waals surface area contributed by atoms with Crippen LogP contribution in [0.3, 0.4) is 0 Å². The highest BCUT2D eigenvalue weighted by Crippen LogP contribution is 2.15. The van der Waals surface area contributed by atoms with Gasteiger partial charge in [-0.2, -0.15) is 5.10 Å². The van der Waals surface area contributed by atoms with Crippen LogP contribution in [0.2, 0.25) is 0 Å². The van der Waals surface area contributed by atoms with Gasteiger partial charge in [0, 0.05) is 12.7 Å². The first kappa shape index (κ1) is 17.0. The van der Waals surface area contributed by atoms with Crippen molar-refractivity contribution in [2.45, 2.75) is 31.3 Å². The average molecular weight is 337 g/mol. The fourth-order valence-corrected chi connectivity index (χ4v) is 2.51. The number of anilines is 1. The lowest BCUT2D eigenvalue weighted by Gasteiger charge is -2.14. The van der Waals surface area contributed by atoms with Crippen LogP contribution in [-0.2, 0) is 16.6 Å². The highest BCUT2D eigenvalue weighted by molar-refractivity contribution is 7.89. The molecule has 0 aliphatic carbocycles. The summed E-state index contributed by atoms with van der Waals surface area (Å²) in [6, 6.07) is 5.37. The van der Waals surface area contributed by atoms with Crippen LogP contribution in [0, 0.1) is 0 Å². The highest BCUT2D eigenvalue weighted by atomic mass is 32.2. The van der Waals surface area contributed by atoms with Gasteiger partial charge in [-0.15, -0.1) is 0 Å². The number of aromatic nitrogens is 2. The first-order valence-electron chi connectivity index (χ1n) is 7.02. The standard InChI is InChI=1S/C14H19N5O3S/c1-3-19-9-12(8-16-19)18-14(20)17-10(2)11-4-6-13(7-5-11)23(15,21)22/h4-10H,3H2,1-2H3,(H2,15,21,22)(H2,17,18,20). The van der Waals surface area contributed by atoms with Crippen molar-refractivity contribution in [3.05, 3.63) is 42.2 Å². The number of rotatable bonds is 5. The van der Waals surface area contributed by atoms with E-state index in [0.29, 0.717) is 5.69 Å². The molecule has 0 saturated heterocycles. The van der Waals surface area contributed by atoms with Crippen LogP contribution in [0.5, 0.6) is 0 Å². The predicted octanol–water partition coefficient (Wildman–Crippen LogP) is 1.43. The Labute approximate surface area is 134 Å². The number of hydrogen-bond donors (Lipinski definition) is 3. The van der Waals surface area contributed by atoms with Gasteiger partial charge in [-0.05, 0) is 31.5 Å². The Bertz CT molecular complexity index is 783. The molecule has 23 heavy (non-hydrogen) atoms. The number of primary sulfonamides is 1. The van der Waals surface area contributed by atoms with Crippen LogP contribution >= 0.6 is 0 Å². The smallest absolute Gasteiger partial charge is 0.319 e. The maximum atomic E-state index is 11.9. The number of nitrogens with two attached hydrogens (primary N) is 1. The minimum atomic E-state index is -3.72. The third-order valence-corrected chi connectivity index (χ3v) is 4.20. The van der Waals surface area contributed by atoms with Crippen molar-refractivity contribution in [1.82, 2.24) is 15.1 Å². The second kappa shape index (κ2) is 6.80. The third-order valence-electron chi connectivity index (χ3n) is 3.27. The Hall–Kier alpha value is -2.39. The normalized spacial score (nSPS) is 12.7. The number of hydrogen-bond acceptors (Lipinski definition) is 4. The Morgan fingerprint density at radius 3 is 2.52 bits per heavy atom. The van der Waals surface area contributed by atoms with Crippen LogP contribution in [0.25, 0.3) is 0 Å². The summed E-state index contributed by atoms with van der Waals surface area (Å²) in [6.45, 7) is 4.46. The van der Waals surface area contributed by atoms with Gasteiger partial charge in [-0.1, -0.05) is 12.1 Å². The van der Waals surface area contributed by atoms with E-state index in [0.717, 1.165) is 12.1 Å². The first-order chi connectivity index (χ1) is 10.8. The zero-order chi connectivity index (χ0) is 17.0. The number of nitrogens with zero attached hydrogens (tertiary/aromatic N) is 2. The van der Waals surface area contributed by atoms with E-state index in [-0.39, 0.29) is 17.0 Å². The molecular formula is C14H19N5O3S. The summed E-state index contributed by atoms with van der Waals surface area (Å²) in [5, 5.41) is 14.6. The van der Waals surface area contributed by atoms with E-state index in [4.69, 9.17) is 5.14 Å². The lowest BCUT2D eigenvalue weighted by molar-refractivity contribution is 0.249. The van der Waals surface area contributed by atoms with Crippen LogP contribution in [0.15, 0.2) is 41.6 Å². The molecule has 2 aromatic rings. The number of urea groups is 1. The van der Waals surface area contributed by atoms with Gasteiger partial charge in [0.25, 0.3) is 0 Å². The molecule has 9 heteroatoms. The van der Waals surface area contributed by atoms with Crippen molar-refractivity contribution in [3.8, 4) is 0 Å². The zero-order valence-corrected chi connectivity index (χ0v) is 13.7. The minimum Gasteiger partial charge on any atom is -0.331 e. The summed E-state index contributed by atoms with van der Waals surface area (Å²) in [5.74, 6) is 0. The predicted molar refractivity (Wildman–Crippen MR) is 86.3 cm³/mol. The minimum absolute atomic E-state index is 0.0323. The first-order valence-corrected chi connectivity index (χ1v) is 8.57. The molecule has 8 nitrogen and oxygen atoms in total. The Morgan fingerprint density at radius 2 is 2.00 bits per heavy atom. The third kappa shape index (κ3) is 4.54. The van der Waals surface area contributed by atoms with Gasteiger partial charge in [-0.3, -0.25) is 4.68 Å². The molecule has 124 valence electrons. The van der Waals surface area contributed by atoms with E-state index >= 15 is 0 Å². The summed E-state index contributed by atoms with van der Waals surface area (Å²) < 4.78 is 24.1. The van der Waals surface area contributed by atoms with Gasteiger partial charge in [0.2, 0.25) is 10.0 Å². The molecule has 0 radical (unpaired) electrons. The van der Waals surface area contributed by atoms with Crippen molar-refractivity contribution >= 4 is 21.7 Å². The molecule has 0 aliphatic rings. The molecule has 0 spiro atoms. The van der Waals surface area contributed by atoms with Gasteiger partial charge in [0.1, 0.15) is 0 Å². The van der Waals surface area contributed by atoms with Crippen molar-refractivity contribution in [3.63, 3.8) is 0 Å². The SMILES string of the molecule is CCn1cc(NC(=O)NC(C)c2ccc(S(N)(=O)=O)cc2)cn1. The maximum Gasteiger partial charge on any atom is 0.319 e. The molecule has 4 N–H and O–H groups in total. The number of carbonyl (C=O) groups is 1. The summed E-state index contributed by atoms with van der Waals surface area (Å²) in [6.07, 6.45) is 3.29. The Morgan fingerprint density at radius 1 is 1.35 bits per heavy atom. The van der Waals surface area contributed by atoms with Crippen molar-refractivity contribution in [2.24, 2.45) is 5.14 Å². The lowest BCUT2D eigenvalue weighted by atomic mass is 10.1. The quantitative estimate of drug-likeness (QED) is 0.764. The van der Waals surface area contributed by atoms with Gasteiger partial charge in [0.15, 0.2) is 0 Å². The summed E-state index contributed by atoms with van der Waals surface area (Å²) in [5.41, 5.74) is 1.36. The molecule has 1 atom stereocenters. The molecule has 0 aliphatic heterocycles. The summed E-state index contributed by atoms with van der Waals surface area (Å²) in [7, 11) is -3.72. The molecule has 0 fully saturated rings. The monoisotopic (exact) mass is 337 g/mol. The number of carbonyl (C=O) groups excluding carboxylic acids is 1. The fourth-order valence-electron chi connectivity index (χ4n) is 1.99. The average Bonchev–Trinajstić information content (AvgIpc) is 2.94. The van der Waals surface area contributed by atoms with E-state index in [9.17, 15) is 13.2 Å². The second-order valence-corrected chi connectivity index (χ2v) is 6.58. The van der Waals surface area contributed by atoms with Crippen LogP contribution < -0.4 is 15.8 Å². The Balaban J connectivity index is 1.98. The van der Waals surface area contributed by atoms with Crippen molar-refractivity contribution < 1.29 is 13.2 Å². The van der Waals surface area contributed by atoms with E-state index < -0.39 is 10.0 Å². The van der Waals surface area contributed by atoms with E-state index in [1.165, 1.54) is 12.1 Å². The molecule has 1 unspecified atom stereocenters. The van der Waals surface area contributed by atoms with Gasteiger partial charge in [-0.25, -0.2) is 18.4 Å². The molecule has 1 aromatic heterocycles. The molecule has 1 heterocycles. The molecule has 1 aromatic carbocycles. The van der Waals surface area contributed by atoms with Crippen molar-refractivity contribution in [1.29, 1.82) is 0 Å². The molecular weight excluding hydrogens is 318 g/mol. The number of amides is 2. The Kier molecular flexibility index (Phi) is 5.02. The van der Waals surface area contributed by atoms with Gasteiger partial charge in [0.05, 0.1) is 22.8 Å².